The number of benzene rings is 6. The van der Waals surface area contributed by atoms with Crippen LogP contribution in [0.5, 0.6) is 0 Å². The maximum atomic E-state index is 15.4. The van der Waals surface area contributed by atoms with Crippen LogP contribution in [0, 0.1) is 23.7 Å². The van der Waals surface area contributed by atoms with Crippen LogP contribution in [0.3, 0.4) is 0 Å². The molecule has 24 rings (SSSR count). The molecule has 9 unspecified atom stereocenters. The number of anilines is 3. The van der Waals surface area contributed by atoms with Gasteiger partial charge in [-0.25, -0.2) is 34.3 Å². The zero-order valence-corrected chi connectivity index (χ0v) is 68.9. The number of hydrogen-bond acceptors (Lipinski definition) is 19. The molecule has 3 saturated carbocycles. The topological polar surface area (TPSA) is 328 Å². The number of tetrazole rings is 1. The van der Waals surface area contributed by atoms with Gasteiger partial charge < -0.3 is 40.2 Å². The molecule has 606 valence electrons. The summed E-state index contributed by atoms with van der Waals surface area (Å²) < 4.78 is 30.9. The Kier molecular flexibility index (Phi) is 18.0. The second-order valence-corrected chi connectivity index (χ2v) is 34.4. The van der Waals surface area contributed by atoms with E-state index < -0.39 is 12.0 Å². The van der Waals surface area contributed by atoms with Crippen molar-refractivity contribution >= 4 is 98.3 Å². The van der Waals surface area contributed by atoms with Crippen LogP contribution in [0.2, 0.25) is 35.4 Å². The van der Waals surface area contributed by atoms with E-state index >= 15 is 4.39 Å². The van der Waals surface area contributed by atoms with Crippen molar-refractivity contribution in [3.8, 4) is 84.5 Å². The number of allylic oxidation sites excluding steroid dienone is 2. The fourth-order valence-electron chi connectivity index (χ4n) is 18.4. The summed E-state index contributed by atoms with van der Waals surface area (Å²) in [5.41, 5.74) is 18.4. The van der Waals surface area contributed by atoms with Gasteiger partial charge in [0.2, 0.25) is 5.95 Å². The fraction of sp³-hybridized carbons (Fsp3) is 0.198. The smallest absolute Gasteiger partial charge is 0.254 e. The van der Waals surface area contributed by atoms with Crippen molar-refractivity contribution < 1.29 is 9.13 Å². The van der Waals surface area contributed by atoms with E-state index in [1.54, 1.807) is 97.8 Å². The minimum atomic E-state index is -0.599. The molecule has 0 amide bonds. The first-order valence-corrected chi connectivity index (χ1v) is 41.7. The van der Waals surface area contributed by atoms with Crippen molar-refractivity contribution in [1.29, 1.82) is 0 Å². The van der Waals surface area contributed by atoms with Crippen LogP contribution < -0.4 is 32.6 Å². The maximum Gasteiger partial charge on any atom is 0.254 e. The first-order valence-electron chi connectivity index (χ1n) is 39.1. The minimum absolute atomic E-state index is 0.0502. The second-order valence-electron chi connectivity index (χ2n) is 31.6. The number of rotatable bonds is 12. The van der Waals surface area contributed by atoms with Crippen LogP contribution in [0.1, 0.15) is 119 Å². The molecule has 3 fully saturated rings. The van der Waals surface area contributed by atoms with Crippen LogP contribution in [0.15, 0.2) is 204 Å². The lowest BCUT2D eigenvalue weighted by Crippen LogP contribution is -2.27. The first kappa shape index (κ1) is 75.6. The predicted molar refractivity (Wildman–Crippen MR) is 460 cm³/mol. The summed E-state index contributed by atoms with van der Waals surface area (Å²) in [6, 6.07) is 35.7. The summed E-state index contributed by atoms with van der Waals surface area (Å²) in [5, 5.41) is 40.3. The average molecular weight is 1760 g/mol. The minimum Gasteiger partial charge on any atom is -0.475 e. The molecule has 0 bridgehead atoms. The molecule has 15 heterocycles. The molecule has 0 saturated heterocycles. The molecule has 36 heteroatoms. The van der Waals surface area contributed by atoms with Gasteiger partial charge in [-0.1, -0.05) is 111 Å². The molecule has 9 atom stereocenters. The van der Waals surface area contributed by atoms with Crippen molar-refractivity contribution in [2.75, 3.05) is 16.0 Å². The van der Waals surface area contributed by atoms with E-state index in [4.69, 9.17) is 106 Å². The molecular weight excluding hydrogens is 1700 g/mol. The largest absolute Gasteiger partial charge is 0.475 e. The highest BCUT2D eigenvalue weighted by Crippen LogP contribution is 2.63. The van der Waals surface area contributed by atoms with Gasteiger partial charge in [-0.2, -0.15) is 9.07 Å². The molecule has 6 aliphatic heterocycles. The van der Waals surface area contributed by atoms with Crippen LogP contribution in [-0.4, -0.2) is 104 Å². The second kappa shape index (κ2) is 29.1. The molecule has 15 aromatic rings. The number of pyridine rings is 1. The van der Waals surface area contributed by atoms with Crippen molar-refractivity contribution in [3.63, 3.8) is 0 Å². The lowest BCUT2D eigenvalue weighted by molar-refractivity contribution is 0.198. The van der Waals surface area contributed by atoms with E-state index in [1.807, 2.05) is 53.2 Å². The van der Waals surface area contributed by atoms with Crippen LogP contribution in [-0.2, 0) is 24.2 Å². The number of fused-ring (bicyclic) bond motifs is 12. The summed E-state index contributed by atoms with van der Waals surface area (Å²) in [6.07, 6.45) is 14.2. The number of H-pyrrole nitrogens is 3. The normalized spacial score (nSPS) is 20.4. The number of halogens is 8. The predicted octanol–water partition coefficient (Wildman–Crippen LogP) is 17.6. The zero-order chi connectivity index (χ0) is 83.1. The number of hydrogen-bond donors (Lipinski definition) is 6. The number of imidazole rings is 3. The Morgan fingerprint density at radius 2 is 0.992 bits per heavy atom. The van der Waals surface area contributed by atoms with Gasteiger partial charge in [-0.15, -0.1) is 15.3 Å². The standard InChI is InChI=1S/C29H20Cl3FN8O.C29H21Cl3N8O.C28H21ClN8O2/c1-12-2-4-14-19(34-12)6-5-15(24(14)32)25-27(33)37-28(36-25)26-16-9-17(16)29-35-20(10-23(42)41(26)29)18-8-13(30)3-7-21(18)40-11-22(31)38-39-40;1-13-2-4-15-20(34-13)6-5-16(26(15)32)22-11-33-28(35-22)27-17-9-18(17)29-36-21(10-25(41)40(27)29)19-8-14(30)3-7-23(19)39-12-24(31)37-38-39;1-14-32-22-4-2-15(6-17(22)12-39-14)23-11-30-28(33-23)27-21-10-20(21)25-7-16(8-26(38)37(25)27)19-9-18(29)3-5-24(19)36-13-31-34-35-36/h3,5-8,10-11,16-17,26,34H,1-2,4,9H2,(H,36,37);3,5-8,10-12,17-18,27,34H,1-2,4,9H2,(H,33,35);2-9,11,13,20-21,27,32H,1,10,12H2,(H,30,33). The van der Waals surface area contributed by atoms with Gasteiger partial charge in [-0.05, 0) is 193 Å². The quantitative estimate of drug-likeness (QED) is 0.0662. The van der Waals surface area contributed by atoms with E-state index in [0.29, 0.717) is 107 Å². The van der Waals surface area contributed by atoms with Gasteiger partial charge in [0.25, 0.3) is 16.7 Å². The highest BCUT2D eigenvalue weighted by atomic mass is 35.5. The van der Waals surface area contributed by atoms with Crippen LogP contribution in [0.25, 0.3) is 84.5 Å². The summed E-state index contributed by atoms with van der Waals surface area (Å²) in [5.74, 6) is 4.40. The Morgan fingerprint density at radius 3 is 1.58 bits per heavy atom. The van der Waals surface area contributed by atoms with E-state index in [9.17, 15) is 14.4 Å². The molecule has 6 aromatic carbocycles. The van der Waals surface area contributed by atoms with Gasteiger partial charge in [0.15, 0.2) is 16.2 Å². The Balaban J connectivity index is 0.000000109. The summed E-state index contributed by atoms with van der Waals surface area (Å²) in [6.45, 7) is 12.3. The highest BCUT2D eigenvalue weighted by molar-refractivity contribution is 6.35. The Hall–Kier alpha value is -12.6. The van der Waals surface area contributed by atoms with Crippen LogP contribution >= 0.6 is 81.2 Å². The van der Waals surface area contributed by atoms with E-state index in [2.05, 4.69) is 104 Å². The number of aromatic nitrogens is 21. The van der Waals surface area contributed by atoms with Crippen LogP contribution in [0.4, 0.5) is 21.5 Å². The van der Waals surface area contributed by atoms with E-state index in [-0.39, 0.29) is 68.4 Å². The summed E-state index contributed by atoms with van der Waals surface area (Å²) in [4.78, 5) is 74.7. The number of nitrogens with zero attached hydrogens (tertiary/aromatic N) is 18. The molecule has 122 heavy (non-hydrogen) atoms. The molecule has 6 N–H and O–H groups in total. The highest BCUT2D eigenvalue weighted by Gasteiger charge is 2.58. The van der Waals surface area contributed by atoms with Gasteiger partial charge in [-0.3, -0.25) is 23.5 Å². The van der Waals surface area contributed by atoms with Crippen molar-refractivity contribution in [1.82, 2.24) is 104 Å². The van der Waals surface area contributed by atoms with Gasteiger partial charge in [0, 0.05) is 124 Å². The summed E-state index contributed by atoms with van der Waals surface area (Å²) >= 11 is 44.7. The Bertz CT molecular complexity index is 7200. The SMILES string of the molecule is C=C1CCc2c(ccc(-c3cnc(C4C5CC5c5nc(-c6cc(Cl)ccc6-n6cc(Cl)nn6)cc(=O)n54)[nH]3)c2Cl)N1.C=C1CCc2c(ccc(-c3nc(C4C5CC5c5nc(-c6cc(Cl)ccc6-n6cc(Cl)nn6)cc(=O)n54)[nH]c3F)c2Cl)N1.C=C1Nc2ccc(-c3cnc(C4C5CC5c5cc(-c6cc(Cl)ccc6-n6cnnn6)cc(=O)n54)[nH]3)cc2CO1. The van der Waals surface area contributed by atoms with Gasteiger partial charge in [0.05, 0.1) is 92.8 Å². The monoisotopic (exact) mass is 1760 g/mol. The van der Waals surface area contributed by atoms with Crippen molar-refractivity contribution in [2.45, 2.75) is 87.4 Å². The van der Waals surface area contributed by atoms with Gasteiger partial charge >= 0.3 is 0 Å². The summed E-state index contributed by atoms with van der Waals surface area (Å²) in [7, 11) is 0. The molecule has 0 radical (unpaired) electrons. The third-order valence-electron chi connectivity index (χ3n) is 24.2. The fourth-order valence-corrected chi connectivity index (χ4v) is 19.8. The third kappa shape index (κ3) is 13.0. The lowest BCUT2D eigenvalue weighted by Gasteiger charge is -2.22. The van der Waals surface area contributed by atoms with E-state index in [1.165, 1.54) is 17.1 Å². The maximum absolute atomic E-state index is 15.4. The van der Waals surface area contributed by atoms with E-state index in [0.717, 1.165) is 146 Å². The zero-order valence-electron chi connectivity index (χ0n) is 63.6. The molecule has 28 nitrogen and oxygen atoms in total. The molecule has 0 spiro atoms. The molecule has 3 aliphatic carbocycles. The third-order valence-corrected chi connectivity index (χ3v) is 26.2. The lowest BCUT2D eigenvalue weighted by atomic mass is 9.98. The van der Waals surface area contributed by atoms with Crippen molar-refractivity contribution in [2.24, 2.45) is 17.8 Å². The van der Waals surface area contributed by atoms with Crippen molar-refractivity contribution in [3.05, 3.63) is 313 Å². The average Bonchev–Trinajstić information content (AvgIpc) is 1.55. The number of nitrogens with one attached hydrogen (secondary N) is 6. The molecule has 9 aromatic heterocycles. The number of ether oxygens (including phenoxy) is 1. The first-order chi connectivity index (χ1) is 59.1. The molecular formula is C86H62Cl7FN24O4. The molecule has 9 aliphatic rings. The number of aromatic amines is 3. The Labute approximate surface area is 725 Å². The van der Waals surface area contributed by atoms with Gasteiger partial charge in [0.1, 0.15) is 47.8 Å². The Morgan fingerprint density at radius 1 is 0.467 bits per heavy atom.